The maximum absolute atomic E-state index is 10.1. The summed E-state index contributed by atoms with van der Waals surface area (Å²) < 4.78 is 0. The van der Waals surface area contributed by atoms with Crippen molar-refractivity contribution in [1.29, 1.82) is 0 Å². The molecule has 0 fully saturated rings. The summed E-state index contributed by atoms with van der Waals surface area (Å²) in [6.07, 6.45) is 0. The van der Waals surface area contributed by atoms with Gasteiger partial charge in [-0.2, -0.15) is 0 Å². The van der Waals surface area contributed by atoms with Crippen LogP contribution in [-0.2, 0) is 4.79 Å². The predicted molar refractivity (Wildman–Crippen MR) is 50.1 cm³/mol. The predicted octanol–water partition coefficient (Wildman–Crippen LogP) is 2.92. The molecule has 0 heterocycles. The fourth-order valence-corrected chi connectivity index (χ4v) is 1.14. The van der Waals surface area contributed by atoms with Gasteiger partial charge in [0.1, 0.15) is 16.4 Å². The van der Waals surface area contributed by atoms with Crippen LogP contribution in [0.4, 0.5) is 0 Å². The summed E-state index contributed by atoms with van der Waals surface area (Å²) in [6.45, 7) is 0. The summed E-state index contributed by atoms with van der Waals surface area (Å²) in [4.78, 5) is 10.1. The summed E-state index contributed by atoms with van der Waals surface area (Å²) in [6, 6.07) is 9.14. The Bertz CT molecular complexity index is 302. The zero-order valence-electron chi connectivity index (χ0n) is 6.13. The van der Waals surface area contributed by atoms with Crippen LogP contribution in [0, 0.1) is 0 Å². The van der Waals surface area contributed by atoms with Crippen molar-refractivity contribution < 1.29 is 4.79 Å². The van der Waals surface area contributed by atoms with Gasteiger partial charge in [-0.3, -0.25) is 0 Å². The molecule has 1 rings (SSSR count). The Morgan fingerprint density at radius 2 is 1.92 bits per heavy atom. The third-order valence-electron chi connectivity index (χ3n) is 1.41. The smallest absolute Gasteiger partial charge is 0.142 e. The average Bonchev–Trinajstić information content (AvgIpc) is 2.17. The highest BCUT2D eigenvalue weighted by Crippen LogP contribution is 2.28. The Morgan fingerprint density at radius 1 is 1.33 bits per heavy atom. The van der Waals surface area contributed by atoms with Crippen molar-refractivity contribution in [2.24, 2.45) is 0 Å². The molecule has 1 atom stereocenters. The van der Waals surface area contributed by atoms with E-state index in [1.165, 1.54) is 0 Å². The molecule has 0 saturated heterocycles. The highest BCUT2D eigenvalue weighted by molar-refractivity contribution is 6.40. The number of hydrogen-bond acceptors (Lipinski definition) is 1. The monoisotopic (exact) mass is 200 g/mol. The molecule has 0 N–H and O–H groups in total. The number of halogens is 2. The molecule has 1 nitrogen and oxygen atoms in total. The Balaban J connectivity index is 2.93. The zero-order chi connectivity index (χ0) is 8.97. The molecular weight excluding hydrogens is 195 g/mol. The molecule has 0 spiro atoms. The van der Waals surface area contributed by atoms with Gasteiger partial charge in [-0.05, 0) is 5.56 Å². The quantitative estimate of drug-likeness (QED) is 0.531. The summed E-state index contributed by atoms with van der Waals surface area (Å²) in [5.74, 6) is 1.56. The molecular formula is C9H6Cl2O. The molecule has 0 aliphatic rings. The third-order valence-corrected chi connectivity index (χ3v) is 2.29. The van der Waals surface area contributed by atoms with Gasteiger partial charge in [0.15, 0.2) is 0 Å². The van der Waals surface area contributed by atoms with E-state index in [1.54, 1.807) is 18.1 Å². The molecule has 0 bridgehead atoms. The second kappa shape index (κ2) is 4.32. The molecule has 12 heavy (non-hydrogen) atoms. The van der Waals surface area contributed by atoms with Gasteiger partial charge in [0.05, 0.1) is 0 Å². The van der Waals surface area contributed by atoms with Gasteiger partial charge in [-0.15, -0.1) is 11.6 Å². The SMILES string of the molecule is O=C=C(Cl)C(Cl)c1ccccc1. The van der Waals surface area contributed by atoms with Crippen LogP contribution in [-0.4, -0.2) is 5.94 Å². The lowest BCUT2D eigenvalue weighted by Gasteiger charge is -2.04. The van der Waals surface area contributed by atoms with Crippen LogP contribution < -0.4 is 0 Å². The number of benzene rings is 1. The van der Waals surface area contributed by atoms with E-state index in [2.05, 4.69) is 0 Å². The van der Waals surface area contributed by atoms with E-state index in [1.807, 2.05) is 18.2 Å². The first kappa shape index (κ1) is 9.34. The fourth-order valence-electron chi connectivity index (χ4n) is 0.820. The van der Waals surface area contributed by atoms with Crippen LogP contribution in [0.3, 0.4) is 0 Å². The molecule has 3 heteroatoms. The Morgan fingerprint density at radius 3 is 2.42 bits per heavy atom. The third kappa shape index (κ3) is 2.12. The second-order valence-electron chi connectivity index (χ2n) is 2.22. The van der Waals surface area contributed by atoms with Crippen molar-refractivity contribution in [3.8, 4) is 0 Å². The van der Waals surface area contributed by atoms with Gasteiger partial charge >= 0.3 is 0 Å². The Hall–Kier alpha value is -0.750. The largest absolute Gasteiger partial charge is 0.232 e. The molecule has 1 aromatic rings. The number of rotatable bonds is 2. The van der Waals surface area contributed by atoms with Gasteiger partial charge in [0.2, 0.25) is 0 Å². The van der Waals surface area contributed by atoms with Crippen LogP contribution >= 0.6 is 23.2 Å². The van der Waals surface area contributed by atoms with Gasteiger partial charge in [-0.25, -0.2) is 4.79 Å². The molecule has 1 aromatic carbocycles. The average molecular weight is 201 g/mol. The zero-order valence-corrected chi connectivity index (χ0v) is 7.64. The number of alkyl halides is 1. The van der Waals surface area contributed by atoms with Crippen molar-refractivity contribution in [1.82, 2.24) is 0 Å². The lowest BCUT2D eigenvalue weighted by molar-refractivity contribution is 0.567. The summed E-state index contributed by atoms with van der Waals surface area (Å²) in [5, 5.41) is -0.590. The van der Waals surface area contributed by atoms with Crippen LogP contribution in [0.5, 0.6) is 0 Å². The summed E-state index contributed by atoms with van der Waals surface area (Å²) in [5.41, 5.74) is 0.799. The minimum atomic E-state index is -0.578. The molecule has 1 unspecified atom stereocenters. The summed E-state index contributed by atoms with van der Waals surface area (Å²) >= 11 is 11.3. The molecule has 0 radical (unpaired) electrons. The molecule has 0 aliphatic carbocycles. The van der Waals surface area contributed by atoms with E-state index < -0.39 is 5.38 Å². The van der Waals surface area contributed by atoms with E-state index >= 15 is 0 Å². The number of carbonyl (C=O) groups excluding carboxylic acids is 1. The van der Waals surface area contributed by atoms with Crippen molar-refractivity contribution >= 4 is 29.1 Å². The van der Waals surface area contributed by atoms with E-state index in [4.69, 9.17) is 23.2 Å². The van der Waals surface area contributed by atoms with Crippen LogP contribution in [0.1, 0.15) is 10.9 Å². The lowest BCUT2D eigenvalue weighted by atomic mass is 10.1. The Kier molecular flexibility index (Phi) is 3.36. The molecule has 0 aromatic heterocycles. The van der Waals surface area contributed by atoms with Gasteiger partial charge in [0, 0.05) is 0 Å². The minimum absolute atomic E-state index is 0.0112. The minimum Gasteiger partial charge on any atom is -0.232 e. The van der Waals surface area contributed by atoms with E-state index in [-0.39, 0.29) is 5.03 Å². The number of hydrogen-bond donors (Lipinski definition) is 0. The second-order valence-corrected chi connectivity index (χ2v) is 3.07. The molecule has 0 saturated carbocycles. The van der Waals surface area contributed by atoms with E-state index in [0.717, 1.165) is 5.56 Å². The lowest BCUT2D eigenvalue weighted by Crippen LogP contribution is -1.89. The van der Waals surface area contributed by atoms with E-state index in [9.17, 15) is 4.79 Å². The topological polar surface area (TPSA) is 17.1 Å². The summed E-state index contributed by atoms with van der Waals surface area (Å²) in [7, 11) is 0. The maximum atomic E-state index is 10.1. The van der Waals surface area contributed by atoms with Crippen LogP contribution in [0.25, 0.3) is 0 Å². The highest BCUT2D eigenvalue weighted by atomic mass is 35.5. The maximum Gasteiger partial charge on any atom is 0.142 e. The standard InChI is InChI=1S/C9H6Cl2O/c10-8(6-12)9(11)7-4-2-1-3-5-7/h1-5,9H. The van der Waals surface area contributed by atoms with E-state index in [0.29, 0.717) is 0 Å². The first-order valence-corrected chi connectivity index (χ1v) is 4.16. The van der Waals surface area contributed by atoms with Crippen molar-refractivity contribution in [2.45, 2.75) is 5.38 Å². The van der Waals surface area contributed by atoms with Crippen LogP contribution in [0.15, 0.2) is 35.4 Å². The van der Waals surface area contributed by atoms with Crippen molar-refractivity contribution in [3.63, 3.8) is 0 Å². The first-order chi connectivity index (χ1) is 5.75. The molecule has 0 amide bonds. The normalized spacial score (nSPS) is 11.8. The van der Waals surface area contributed by atoms with Crippen LogP contribution in [0.2, 0.25) is 0 Å². The fraction of sp³-hybridized carbons (Fsp3) is 0.111. The highest BCUT2D eigenvalue weighted by Gasteiger charge is 2.11. The van der Waals surface area contributed by atoms with Crippen molar-refractivity contribution in [2.75, 3.05) is 0 Å². The number of allylic oxidation sites excluding steroid dienone is 1. The van der Waals surface area contributed by atoms with Gasteiger partial charge < -0.3 is 0 Å². The first-order valence-electron chi connectivity index (χ1n) is 3.35. The van der Waals surface area contributed by atoms with Gasteiger partial charge in [-0.1, -0.05) is 41.9 Å². The Labute approximate surface area is 80.6 Å². The molecule has 0 aliphatic heterocycles. The molecule has 62 valence electrons. The van der Waals surface area contributed by atoms with Gasteiger partial charge in [0.25, 0.3) is 0 Å². The van der Waals surface area contributed by atoms with Crippen molar-refractivity contribution in [3.05, 3.63) is 40.9 Å².